The number of benzene rings is 3. The number of carbonyl (C=O) groups is 2. The number of carbonyl (C=O) groups excluding carboxylic acids is 2. The number of nitrogens with zero attached hydrogens (tertiary/aromatic N) is 2. The lowest BCUT2D eigenvalue weighted by molar-refractivity contribution is -0.137. The highest BCUT2D eigenvalue weighted by Gasteiger charge is 2.32. The predicted molar refractivity (Wildman–Crippen MR) is 119 cm³/mol. The fraction of sp³-hybridized carbons (Fsp3) is 0.125. The summed E-state index contributed by atoms with van der Waals surface area (Å²) >= 11 is 0. The maximum atomic E-state index is 13.1. The van der Waals surface area contributed by atoms with Gasteiger partial charge in [-0.25, -0.2) is 9.79 Å². The topological polar surface area (TPSA) is 73.8 Å². The van der Waals surface area contributed by atoms with Crippen molar-refractivity contribution in [3.8, 4) is 0 Å². The Labute approximate surface area is 187 Å². The highest BCUT2D eigenvalue weighted by Crippen LogP contribution is 2.30. The van der Waals surface area contributed by atoms with Crippen LogP contribution >= 0.6 is 0 Å². The summed E-state index contributed by atoms with van der Waals surface area (Å²) in [7, 11) is 1.59. The van der Waals surface area contributed by atoms with Crippen LogP contribution in [0.25, 0.3) is 0 Å². The molecule has 6 nitrogen and oxygen atoms in total. The lowest BCUT2D eigenvalue weighted by Gasteiger charge is -2.21. The second-order valence-electron chi connectivity index (χ2n) is 7.33. The highest BCUT2D eigenvalue weighted by molar-refractivity contribution is 6.20. The molecule has 0 aromatic heterocycles. The number of rotatable bonds is 3. The van der Waals surface area contributed by atoms with Crippen LogP contribution < -0.4 is 15.5 Å². The summed E-state index contributed by atoms with van der Waals surface area (Å²) in [6, 6.07) is 19.7. The third-order valence-corrected chi connectivity index (χ3v) is 5.13. The SMILES string of the molecule is CN1C(=O)C(NC(=O)Nc2ccc(C(F)(F)F)cc2)N=C(c2ccccc2)c2ccccc21. The van der Waals surface area contributed by atoms with Crippen molar-refractivity contribution in [3.63, 3.8) is 0 Å². The van der Waals surface area contributed by atoms with E-state index in [2.05, 4.69) is 15.6 Å². The molecule has 1 atom stereocenters. The molecule has 4 rings (SSSR count). The van der Waals surface area contributed by atoms with Crippen LogP contribution in [0.1, 0.15) is 16.7 Å². The quantitative estimate of drug-likeness (QED) is 0.606. The van der Waals surface area contributed by atoms with Gasteiger partial charge in [0.1, 0.15) is 0 Å². The average molecular weight is 452 g/mol. The molecule has 1 aliphatic heterocycles. The van der Waals surface area contributed by atoms with Crippen molar-refractivity contribution in [1.29, 1.82) is 0 Å². The number of hydrogen-bond acceptors (Lipinski definition) is 3. The first-order valence-electron chi connectivity index (χ1n) is 9.99. The average Bonchev–Trinajstić information content (AvgIpc) is 2.90. The van der Waals surface area contributed by atoms with Crippen molar-refractivity contribution in [2.75, 3.05) is 17.3 Å². The first kappa shape index (κ1) is 22.1. The number of fused-ring (bicyclic) bond motifs is 1. The van der Waals surface area contributed by atoms with E-state index in [1.165, 1.54) is 4.90 Å². The van der Waals surface area contributed by atoms with Gasteiger partial charge in [0.05, 0.1) is 17.0 Å². The Kier molecular flexibility index (Phi) is 5.87. The predicted octanol–water partition coefficient (Wildman–Crippen LogP) is 4.67. The zero-order valence-corrected chi connectivity index (χ0v) is 17.4. The van der Waals surface area contributed by atoms with Gasteiger partial charge >= 0.3 is 12.2 Å². The van der Waals surface area contributed by atoms with E-state index < -0.39 is 29.8 Å². The molecule has 168 valence electrons. The zero-order chi connectivity index (χ0) is 23.6. The van der Waals surface area contributed by atoms with Gasteiger partial charge in [-0.3, -0.25) is 4.79 Å². The molecule has 0 bridgehead atoms. The van der Waals surface area contributed by atoms with Gasteiger partial charge in [-0.15, -0.1) is 0 Å². The van der Waals surface area contributed by atoms with E-state index in [1.54, 1.807) is 19.2 Å². The number of aliphatic imine (C=N–C) groups is 1. The molecule has 0 fully saturated rings. The number of urea groups is 1. The second kappa shape index (κ2) is 8.78. The Morgan fingerprint density at radius 3 is 2.24 bits per heavy atom. The molecule has 3 aromatic carbocycles. The molecule has 3 aromatic rings. The molecule has 33 heavy (non-hydrogen) atoms. The van der Waals surface area contributed by atoms with Crippen LogP contribution in [0, 0.1) is 0 Å². The zero-order valence-electron chi connectivity index (χ0n) is 17.4. The Balaban J connectivity index is 1.61. The number of benzodiazepines with no additional fused rings is 1. The molecular formula is C24H19F3N4O2. The number of hydrogen-bond donors (Lipinski definition) is 2. The summed E-state index contributed by atoms with van der Waals surface area (Å²) in [4.78, 5) is 31.6. The van der Waals surface area contributed by atoms with Crippen molar-refractivity contribution in [3.05, 3.63) is 95.6 Å². The van der Waals surface area contributed by atoms with Gasteiger partial charge in [0.25, 0.3) is 5.91 Å². The van der Waals surface area contributed by atoms with E-state index in [1.807, 2.05) is 42.5 Å². The molecule has 0 aliphatic carbocycles. The summed E-state index contributed by atoms with van der Waals surface area (Å²) in [6.07, 6.45) is -5.72. The fourth-order valence-corrected chi connectivity index (χ4v) is 3.48. The van der Waals surface area contributed by atoms with Crippen LogP contribution in [0.15, 0.2) is 83.9 Å². The van der Waals surface area contributed by atoms with E-state index >= 15 is 0 Å². The number of anilines is 2. The van der Waals surface area contributed by atoms with Crippen LogP contribution in [-0.2, 0) is 11.0 Å². The normalized spacial score (nSPS) is 15.9. The monoisotopic (exact) mass is 452 g/mol. The summed E-state index contributed by atoms with van der Waals surface area (Å²) in [5, 5.41) is 4.96. The Bertz CT molecular complexity index is 1210. The number of likely N-dealkylation sites (N-methyl/N-ethyl adjacent to an activating group) is 1. The standard InChI is InChI=1S/C24H19F3N4O2/c1-31-19-10-6-5-9-18(19)20(15-7-3-2-4-8-15)29-21(22(31)32)30-23(33)28-17-13-11-16(12-14-17)24(25,26)27/h2-14,21H,1H3,(H2,28,30,33). The molecule has 9 heteroatoms. The van der Waals surface area contributed by atoms with Gasteiger partial charge in [-0.1, -0.05) is 48.5 Å². The van der Waals surface area contributed by atoms with Gasteiger partial charge < -0.3 is 15.5 Å². The van der Waals surface area contributed by atoms with Crippen LogP contribution in [0.5, 0.6) is 0 Å². The molecule has 3 amide bonds. The first-order valence-corrected chi connectivity index (χ1v) is 9.99. The van der Waals surface area contributed by atoms with Gasteiger partial charge in [0.2, 0.25) is 6.17 Å². The van der Waals surface area contributed by atoms with E-state index in [0.717, 1.165) is 35.4 Å². The largest absolute Gasteiger partial charge is 0.416 e. The summed E-state index contributed by atoms with van der Waals surface area (Å²) in [6.45, 7) is 0. The third kappa shape index (κ3) is 4.72. The minimum Gasteiger partial charge on any atom is -0.311 e. The van der Waals surface area contributed by atoms with E-state index in [9.17, 15) is 22.8 Å². The minimum atomic E-state index is -4.48. The lowest BCUT2D eigenvalue weighted by atomic mass is 10.0. The van der Waals surface area contributed by atoms with Gasteiger partial charge in [0, 0.05) is 23.9 Å². The number of nitrogens with one attached hydrogen (secondary N) is 2. The number of amides is 3. The Morgan fingerprint density at radius 1 is 0.939 bits per heavy atom. The van der Waals surface area contributed by atoms with E-state index in [-0.39, 0.29) is 5.69 Å². The Hall–Kier alpha value is -4.14. The molecule has 1 heterocycles. The molecule has 1 unspecified atom stereocenters. The molecule has 2 N–H and O–H groups in total. The van der Waals surface area contributed by atoms with Gasteiger partial charge in [-0.05, 0) is 30.3 Å². The molecule has 0 saturated carbocycles. The van der Waals surface area contributed by atoms with Gasteiger partial charge in [0.15, 0.2) is 0 Å². The van der Waals surface area contributed by atoms with Gasteiger partial charge in [-0.2, -0.15) is 13.2 Å². The number of halogens is 3. The van der Waals surface area contributed by atoms with Crippen molar-refractivity contribution < 1.29 is 22.8 Å². The van der Waals surface area contributed by atoms with Crippen LogP contribution in [0.2, 0.25) is 0 Å². The first-order chi connectivity index (χ1) is 15.7. The molecule has 0 radical (unpaired) electrons. The molecule has 0 spiro atoms. The van der Waals surface area contributed by atoms with Crippen LogP contribution in [-0.4, -0.2) is 30.9 Å². The van der Waals surface area contributed by atoms with E-state index in [4.69, 9.17) is 0 Å². The van der Waals surface area contributed by atoms with Crippen LogP contribution in [0.3, 0.4) is 0 Å². The summed E-state index contributed by atoms with van der Waals surface area (Å²) < 4.78 is 38.2. The second-order valence-corrected chi connectivity index (χ2v) is 7.33. The molecular weight excluding hydrogens is 433 g/mol. The summed E-state index contributed by atoms with van der Waals surface area (Å²) in [5.74, 6) is -0.462. The fourth-order valence-electron chi connectivity index (χ4n) is 3.48. The van der Waals surface area contributed by atoms with Crippen molar-refractivity contribution in [1.82, 2.24) is 5.32 Å². The highest BCUT2D eigenvalue weighted by atomic mass is 19.4. The van der Waals surface area contributed by atoms with E-state index in [0.29, 0.717) is 11.4 Å². The van der Waals surface area contributed by atoms with Crippen LogP contribution in [0.4, 0.5) is 29.3 Å². The number of alkyl halides is 3. The maximum absolute atomic E-state index is 13.1. The van der Waals surface area contributed by atoms with Crippen molar-refractivity contribution in [2.45, 2.75) is 12.3 Å². The third-order valence-electron chi connectivity index (χ3n) is 5.13. The maximum Gasteiger partial charge on any atom is 0.416 e. The Morgan fingerprint density at radius 2 is 1.58 bits per heavy atom. The smallest absolute Gasteiger partial charge is 0.311 e. The number of para-hydroxylation sites is 1. The summed E-state index contributed by atoms with van der Waals surface area (Å²) in [5.41, 5.74) is 1.98. The minimum absolute atomic E-state index is 0.144. The molecule has 0 saturated heterocycles. The molecule has 1 aliphatic rings. The lowest BCUT2D eigenvalue weighted by Crippen LogP contribution is -2.47. The van der Waals surface area contributed by atoms with Crippen molar-refractivity contribution >= 4 is 29.0 Å². The van der Waals surface area contributed by atoms with Crippen molar-refractivity contribution in [2.24, 2.45) is 4.99 Å².